The highest BCUT2D eigenvalue weighted by Gasteiger charge is 2.22. The fourth-order valence-corrected chi connectivity index (χ4v) is 4.07. The van der Waals surface area contributed by atoms with Gasteiger partial charge in [-0.15, -0.1) is 0 Å². The number of fused-ring (bicyclic) bond motifs is 2. The lowest BCUT2D eigenvalue weighted by molar-refractivity contribution is 0.683. The topological polar surface area (TPSA) is 83.0 Å². The molecule has 1 atom stereocenters. The smallest absolute Gasteiger partial charge is 0.178 e. The molecule has 0 amide bonds. The number of H-pyrrole nitrogens is 1. The third-order valence-corrected chi connectivity index (χ3v) is 5.18. The van der Waals surface area contributed by atoms with Gasteiger partial charge in [-0.25, -0.2) is 4.21 Å². The molecular formula is C15H13N5OS. The first kappa shape index (κ1) is 13.0. The molecular weight excluding hydrogens is 298 g/mol. The lowest BCUT2D eigenvalue weighted by Gasteiger charge is -2.07. The second-order valence-corrected chi connectivity index (χ2v) is 7.03. The van der Waals surface area contributed by atoms with E-state index >= 15 is 0 Å². The first-order valence-corrected chi connectivity index (χ1v) is 8.37. The minimum atomic E-state index is -2.59. The van der Waals surface area contributed by atoms with Gasteiger partial charge >= 0.3 is 0 Å². The van der Waals surface area contributed by atoms with Gasteiger partial charge in [0, 0.05) is 17.4 Å². The van der Waals surface area contributed by atoms with Gasteiger partial charge in [-0.3, -0.25) is 10.1 Å². The van der Waals surface area contributed by atoms with Crippen molar-refractivity contribution in [2.45, 2.75) is 11.8 Å². The average molecular weight is 311 g/mol. The normalized spacial score (nSPS) is 20.0. The van der Waals surface area contributed by atoms with Gasteiger partial charge in [0.2, 0.25) is 0 Å². The van der Waals surface area contributed by atoms with Crippen molar-refractivity contribution in [3.05, 3.63) is 42.1 Å². The maximum Gasteiger partial charge on any atom is 0.178 e. The fourth-order valence-electron chi connectivity index (χ4n) is 2.56. The number of hydrogen-bond donors (Lipinski definition) is 2. The van der Waals surface area contributed by atoms with Crippen LogP contribution < -0.4 is 5.32 Å². The molecule has 6 nitrogen and oxygen atoms in total. The van der Waals surface area contributed by atoms with Crippen molar-refractivity contribution >= 4 is 43.8 Å². The molecule has 1 unspecified atom stereocenters. The summed E-state index contributed by atoms with van der Waals surface area (Å²) in [6.07, 6.45) is 1.71. The van der Waals surface area contributed by atoms with Gasteiger partial charge in [-0.2, -0.15) is 9.50 Å². The number of nitrogens with zero attached hydrogens (tertiary/aromatic N) is 3. The van der Waals surface area contributed by atoms with Crippen molar-refractivity contribution in [2.24, 2.45) is 4.40 Å². The van der Waals surface area contributed by atoms with Crippen LogP contribution in [0.15, 0.2) is 45.8 Å². The van der Waals surface area contributed by atoms with E-state index < -0.39 is 9.71 Å². The molecule has 110 valence electrons. The van der Waals surface area contributed by atoms with Gasteiger partial charge in [-0.05, 0) is 43.1 Å². The summed E-state index contributed by atoms with van der Waals surface area (Å²) in [5.74, 6) is 4.35. The van der Waals surface area contributed by atoms with Gasteiger partial charge in [-0.1, -0.05) is 0 Å². The third kappa shape index (κ3) is 1.90. The maximum atomic E-state index is 12.4. The van der Waals surface area contributed by atoms with Gasteiger partial charge in [0.25, 0.3) is 0 Å². The zero-order valence-electron chi connectivity index (χ0n) is 11.8. The quantitative estimate of drug-likeness (QED) is 0.712. The maximum absolute atomic E-state index is 12.4. The molecule has 22 heavy (non-hydrogen) atoms. The molecule has 0 aliphatic carbocycles. The SMILES string of the molecule is C=S1(=O)N=C(C)c2ccc(Nc3n[nH]c4cccnc34)cc21. The Kier molecular flexibility index (Phi) is 2.61. The minimum Gasteiger partial charge on any atom is -0.337 e. The molecule has 0 saturated heterocycles. The number of aromatic amines is 1. The zero-order chi connectivity index (χ0) is 15.3. The van der Waals surface area contributed by atoms with Crippen molar-refractivity contribution in [3.8, 4) is 0 Å². The van der Waals surface area contributed by atoms with Crippen LogP contribution in [0.1, 0.15) is 12.5 Å². The predicted octanol–water partition coefficient (Wildman–Crippen LogP) is 2.51. The Bertz CT molecular complexity index is 1030. The van der Waals surface area contributed by atoms with Crippen LogP contribution in [0.3, 0.4) is 0 Å². The monoisotopic (exact) mass is 311 g/mol. The van der Waals surface area contributed by atoms with Crippen molar-refractivity contribution in [2.75, 3.05) is 5.32 Å². The van der Waals surface area contributed by atoms with Crippen LogP contribution in [0.4, 0.5) is 11.5 Å². The number of anilines is 2. The number of hydrogen-bond acceptors (Lipinski definition) is 4. The number of nitrogens with one attached hydrogen (secondary N) is 2. The second kappa shape index (κ2) is 4.41. The lowest BCUT2D eigenvalue weighted by atomic mass is 10.1. The molecule has 4 rings (SSSR count). The Morgan fingerprint density at radius 2 is 2.18 bits per heavy atom. The van der Waals surface area contributed by atoms with E-state index in [1.807, 2.05) is 37.3 Å². The van der Waals surface area contributed by atoms with Crippen LogP contribution in [0, 0.1) is 0 Å². The van der Waals surface area contributed by atoms with E-state index in [-0.39, 0.29) is 0 Å². The van der Waals surface area contributed by atoms with Crippen LogP contribution in [0.5, 0.6) is 0 Å². The fraction of sp³-hybridized carbons (Fsp3) is 0.0667. The van der Waals surface area contributed by atoms with E-state index in [2.05, 4.69) is 30.8 Å². The molecule has 7 heteroatoms. The molecule has 0 spiro atoms. The van der Waals surface area contributed by atoms with Crippen LogP contribution in [-0.4, -0.2) is 31.0 Å². The highest BCUT2D eigenvalue weighted by molar-refractivity contribution is 7.99. The van der Waals surface area contributed by atoms with Crippen LogP contribution >= 0.6 is 0 Å². The Morgan fingerprint density at radius 3 is 3.05 bits per heavy atom. The van der Waals surface area contributed by atoms with E-state index in [1.165, 1.54) is 0 Å². The first-order valence-electron chi connectivity index (χ1n) is 6.69. The van der Waals surface area contributed by atoms with Gasteiger partial charge in [0.1, 0.15) is 5.52 Å². The molecule has 2 aromatic heterocycles. The Balaban J connectivity index is 1.77. The van der Waals surface area contributed by atoms with E-state index in [4.69, 9.17) is 0 Å². The summed E-state index contributed by atoms with van der Waals surface area (Å²) in [6.45, 7) is 1.84. The standard InChI is InChI=1S/C15H13N5OS/c1-9-11-6-5-10(8-13(11)22(2,21)20-9)17-15-14-12(18-19-15)4-3-7-16-14/h3-8H,2H2,1H3,(H2,17,18,19). The van der Waals surface area contributed by atoms with Crippen molar-refractivity contribution < 1.29 is 4.21 Å². The molecule has 1 aromatic carbocycles. The average Bonchev–Trinajstić information content (AvgIpc) is 2.99. The summed E-state index contributed by atoms with van der Waals surface area (Å²) in [6, 6.07) is 9.37. The summed E-state index contributed by atoms with van der Waals surface area (Å²) in [4.78, 5) is 4.96. The van der Waals surface area contributed by atoms with Crippen molar-refractivity contribution in [3.63, 3.8) is 0 Å². The van der Waals surface area contributed by atoms with E-state index in [1.54, 1.807) is 6.20 Å². The summed E-state index contributed by atoms with van der Waals surface area (Å²) < 4.78 is 16.6. The van der Waals surface area contributed by atoms with E-state index in [0.717, 1.165) is 28.0 Å². The number of pyridine rings is 1. The second-order valence-electron chi connectivity index (χ2n) is 5.12. The van der Waals surface area contributed by atoms with Crippen molar-refractivity contribution in [1.82, 2.24) is 15.2 Å². The van der Waals surface area contributed by atoms with E-state index in [9.17, 15) is 4.21 Å². The van der Waals surface area contributed by atoms with Gasteiger partial charge < -0.3 is 5.32 Å². The molecule has 0 bridgehead atoms. The summed E-state index contributed by atoms with van der Waals surface area (Å²) in [5.41, 5.74) is 4.03. The Hall–Kier alpha value is -2.67. The molecule has 1 aliphatic rings. The lowest BCUT2D eigenvalue weighted by Crippen LogP contribution is -1.98. The third-order valence-electron chi connectivity index (χ3n) is 3.58. The summed E-state index contributed by atoms with van der Waals surface area (Å²) in [5, 5.41) is 10.3. The minimum absolute atomic E-state index is 0.627. The highest BCUT2D eigenvalue weighted by atomic mass is 32.2. The molecule has 0 fully saturated rings. The van der Waals surface area contributed by atoms with Crippen LogP contribution in [0.2, 0.25) is 0 Å². The van der Waals surface area contributed by atoms with Crippen LogP contribution in [0.25, 0.3) is 11.0 Å². The summed E-state index contributed by atoms with van der Waals surface area (Å²) in [7, 11) is -2.59. The zero-order valence-corrected chi connectivity index (χ0v) is 12.6. The Morgan fingerprint density at radius 1 is 1.32 bits per heavy atom. The molecule has 2 N–H and O–H groups in total. The first-order chi connectivity index (χ1) is 10.5. The molecule has 0 radical (unpaired) electrons. The van der Waals surface area contributed by atoms with Gasteiger partial charge in [0.05, 0.1) is 25.8 Å². The largest absolute Gasteiger partial charge is 0.337 e. The van der Waals surface area contributed by atoms with E-state index in [0.29, 0.717) is 10.7 Å². The molecule has 1 aliphatic heterocycles. The number of aromatic nitrogens is 3. The molecule has 0 saturated carbocycles. The number of benzene rings is 1. The molecule has 3 aromatic rings. The van der Waals surface area contributed by atoms with Gasteiger partial charge in [0.15, 0.2) is 5.82 Å². The molecule has 3 heterocycles. The van der Waals surface area contributed by atoms with Crippen LogP contribution in [-0.2, 0) is 9.71 Å². The predicted molar refractivity (Wildman–Crippen MR) is 89.4 cm³/mol. The van der Waals surface area contributed by atoms with Crippen molar-refractivity contribution in [1.29, 1.82) is 0 Å². The summed E-state index contributed by atoms with van der Waals surface area (Å²) >= 11 is 0. The highest BCUT2D eigenvalue weighted by Crippen LogP contribution is 2.30. The Labute approximate surface area is 127 Å². The number of rotatable bonds is 2.